The number of nitrogens with zero attached hydrogens (tertiary/aromatic N) is 2. The lowest BCUT2D eigenvalue weighted by molar-refractivity contribution is 0.0471. The first-order valence-corrected chi connectivity index (χ1v) is 6.78. The van der Waals surface area contributed by atoms with Crippen molar-refractivity contribution < 1.29 is 5.11 Å². The molecule has 1 N–H and O–H groups in total. The van der Waals surface area contributed by atoms with Crippen molar-refractivity contribution in [1.29, 1.82) is 0 Å². The van der Waals surface area contributed by atoms with Gasteiger partial charge in [-0.25, -0.2) is 0 Å². The highest BCUT2D eigenvalue weighted by atomic mass is 16.3. The predicted octanol–water partition coefficient (Wildman–Crippen LogP) is 1.67. The van der Waals surface area contributed by atoms with E-state index in [1.165, 1.54) is 6.54 Å². The molecular weight excluding hydrogens is 212 g/mol. The van der Waals surface area contributed by atoms with Crippen LogP contribution < -0.4 is 0 Å². The average molecular weight is 242 g/mol. The summed E-state index contributed by atoms with van der Waals surface area (Å²) in [6.45, 7) is 12.0. The van der Waals surface area contributed by atoms with Crippen molar-refractivity contribution in [3.05, 3.63) is 0 Å². The molecule has 3 heteroatoms. The van der Waals surface area contributed by atoms with Crippen LogP contribution in [0.25, 0.3) is 0 Å². The third-order valence-corrected chi connectivity index (χ3v) is 4.03. The maximum atomic E-state index is 10.0. The number of hydrogen-bond donors (Lipinski definition) is 1. The minimum atomic E-state index is -0.198. The zero-order chi connectivity index (χ0) is 13.2. The van der Waals surface area contributed by atoms with Crippen LogP contribution >= 0.6 is 0 Å². The lowest BCUT2D eigenvalue weighted by Crippen LogP contribution is -2.35. The van der Waals surface area contributed by atoms with Gasteiger partial charge in [-0.1, -0.05) is 27.7 Å². The SMILES string of the molecule is CC1CN(CCC(O)C(C)(C)C)CC1N(C)C. The van der Waals surface area contributed by atoms with Crippen molar-refractivity contribution in [2.24, 2.45) is 11.3 Å². The van der Waals surface area contributed by atoms with E-state index >= 15 is 0 Å². The third kappa shape index (κ3) is 4.23. The van der Waals surface area contributed by atoms with E-state index in [4.69, 9.17) is 0 Å². The standard InChI is InChI=1S/C14H30N2O/c1-11-9-16(10-12(11)15(5)6)8-7-13(17)14(2,3)4/h11-13,17H,7-10H2,1-6H3. The van der Waals surface area contributed by atoms with Crippen molar-refractivity contribution in [2.45, 2.75) is 46.3 Å². The molecule has 0 radical (unpaired) electrons. The molecule has 1 fully saturated rings. The van der Waals surface area contributed by atoms with Crippen molar-refractivity contribution >= 4 is 0 Å². The molecule has 3 nitrogen and oxygen atoms in total. The number of likely N-dealkylation sites (N-methyl/N-ethyl adjacent to an activating group) is 1. The molecular formula is C14H30N2O. The second-order valence-corrected chi connectivity index (χ2v) is 6.94. The van der Waals surface area contributed by atoms with Crippen LogP contribution in [0.5, 0.6) is 0 Å². The third-order valence-electron chi connectivity index (χ3n) is 4.03. The summed E-state index contributed by atoms with van der Waals surface area (Å²) >= 11 is 0. The molecule has 0 aromatic rings. The number of aliphatic hydroxyl groups is 1. The van der Waals surface area contributed by atoms with Crippen LogP contribution in [0.2, 0.25) is 0 Å². The van der Waals surface area contributed by atoms with Crippen LogP contribution in [0.15, 0.2) is 0 Å². The maximum Gasteiger partial charge on any atom is 0.0600 e. The van der Waals surface area contributed by atoms with Gasteiger partial charge in [-0.2, -0.15) is 0 Å². The topological polar surface area (TPSA) is 26.7 Å². The van der Waals surface area contributed by atoms with E-state index in [0.717, 1.165) is 25.4 Å². The molecule has 102 valence electrons. The molecule has 17 heavy (non-hydrogen) atoms. The number of rotatable bonds is 4. The first-order valence-electron chi connectivity index (χ1n) is 6.78. The number of likely N-dealkylation sites (tertiary alicyclic amines) is 1. The second-order valence-electron chi connectivity index (χ2n) is 6.94. The fourth-order valence-corrected chi connectivity index (χ4v) is 2.64. The Kier molecular flexibility index (Phi) is 4.99. The van der Waals surface area contributed by atoms with Crippen molar-refractivity contribution in [3.8, 4) is 0 Å². The minimum absolute atomic E-state index is 0.00624. The highest BCUT2D eigenvalue weighted by molar-refractivity contribution is 4.87. The van der Waals surface area contributed by atoms with Crippen molar-refractivity contribution in [1.82, 2.24) is 9.80 Å². The molecule has 1 rings (SSSR count). The normalized spacial score (nSPS) is 28.9. The maximum absolute atomic E-state index is 10.0. The predicted molar refractivity (Wildman–Crippen MR) is 73.2 cm³/mol. The van der Waals surface area contributed by atoms with E-state index in [-0.39, 0.29) is 11.5 Å². The largest absolute Gasteiger partial charge is 0.393 e. The Morgan fingerprint density at radius 3 is 2.29 bits per heavy atom. The summed E-state index contributed by atoms with van der Waals surface area (Å²) in [6, 6.07) is 0.668. The molecule has 0 aliphatic carbocycles. The first kappa shape index (κ1) is 14.9. The fourth-order valence-electron chi connectivity index (χ4n) is 2.64. The van der Waals surface area contributed by atoms with Crippen molar-refractivity contribution in [3.63, 3.8) is 0 Å². The van der Waals surface area contributed by atoms with Gasteiger partial charge < -0.3 is 14.9 Å². The fraction of sp³-hybridized carbons (Fsp3) is 1.00. The van der Waals surface area contributed by atoms with Gasteiger partial charge in [-0.3, -0.25) is 0 Å². The van der Waals surface area contributed by atoms with Gasteiger partial charge in [0.05, 0.1) is 6.10 Å². The Labute approximate surface area is 107 Å². The Morgan fingerprint density at radius 2 is 1.88 bits per heavy atom. The van der Waals surface area contributed by atoms with Gasteiger partial charge in [0.2, 0.25) is 0 Å². The Bertz CT molecular complexity index is 235. The van der Waals surface area contributed by atoms with Crippen molar-refractivity contribution in [2.75, 3.05) is 33.7 Å². The van der Waals surface area contributed by atoms with Gasteiger partial charge in [0.15, 0.2) is 0 Å². The molecule has 0 saturated carbocycles. The van der Waals surface area contributed by atoms with Gasteiger partial charge in [-0.05, 0) is 31.8 Å². The summed E-state index contributed by atoms with van der Waals surface area (Å²) in [6.07, 6.45) is 0.687. The van der Waals surface area contributed by atoms with Crippen LogP contribution in [0.4, 0.5) is 0 Å². The average Bonchev–Trinajstić information content (AvgIpc) is 2.54. The Morgan fingerprint density at radius 1 is 1.29 bits per heavy atom. The Hall–Kier alpha value is -0.120. The Balaban J connectivity index is 2.36. The summed E-state index contributed by atoms with van der Waals surface area (Å²) in [5, 5.41) is 10.0. The molecule has 1 saturated heterocycles. The van der Waals surface area contributed by atoms with E-state index in [1.807, 2.05) is 0 Å². The van der Waals surface area contributed by atoms with E-state index in [2.05, 4.69) is 51.6 Å². The van der Waals surface area contributed by atoms with E-state index in [9.17, 15) is 5.11 Å². The number of hydrogen-bond acceptors (Lipinski definition) is 3. The summed E-state index contributed by atoms with van der Waals surface area (Å²) in [5.74, 6) is 0.733. The van der Waals surface area contributed by atoms with Crippen LogP contribution in [0, 0.1) is 11.3 Å². The quantitative estimate of drug-likeness (QED) is 0.812. The van der Waals surface area contributed by atoms with Gasteiger partial charge in [-0.15, -0.1) is 0 Å². The molecule has 1 aliphatic heterocycles. The molecule has 1 heterocycles. The van der Waals surface area contributed by atoms with Gasteiger partial charge >= 0.3 is 0 Å². The van der Waals surface area contributed by atoms with Gasteiger partial charge in [0.25, 0.3) is 0 Å². The van der Waals surface area contributed by atoms with Gasteiger partial charge in [0.1, 0.15) is 0 Å². The van der Waals surface area contributed by atoms with Crippen LogP contribution in [-0.4, -0.2) is 60.8 Å². The molecule has 0 bridgehead atoms. The first-order chi connectivity index (χ1) is 7.71. The smallest absolute Gasteiger partial charge is 0.0600 e. The summed E-state index contributed by atoms with van der Waals surface area (Å²) in [7, 11) is 4.32. The lowest BCUT2D eigenvalue weighted by Gasteiger charge is -2.28. The second kappa shape index (κ2) is 5.68. The highest BCUT2D eigenvalue weighted by Gasteiger charge is 2.31. The van der Waals surface area contributed by atoms with Crippen LogP contribution in [-0.2, 0) is 0 Å². The summed E-state index contributed by atoms with van der Waals surface area (Å²) < 4.78 is 0. The van der Waals surface area contributed by atoms with Gasteiger partial charge in [0, 0.05) is 25.7 Å². The zero-order valence-corrected chi connectivity index (χ0v) is 12.4. The van der Waals surface area contributed by atoms with Crippen LogP contribution in [0.3, 0.4) is 0 Å². The molecule has 0 amide bonds. The molecule has 3 atom stereocenters. The molecule has 0 aromatic carbocycles. The molecule has 0 spiro atoms. The van der Waals surface area contributed by atoms with E-state index in [0.29, 0.717) is 6.04 Å². The number of aliphatic hydroxyl groups excluding tert-OH is 1. The highest BCUT2D eigenvalue weighted by Crippen LogP contribution is 2.24. The van der Waals surface area contributed by atoms with Crippen LogP contribution in [0.1, 0.15) is 34.1 Å². The summed E-state index contributed by atoms with van der Waals surface area (Å²) in [5.41, 5.74) is 0.00624. The van der Waals surface area contributed by atoms with E-state index in [1.54, 1.807) is 0 Å². The monoisotopic (exact) mass is 242 g/mol. The molecule has 0 aromatic heterocycles. The zero-order valence-electron chi connectivity index (χ0n) is 12.4. The molecule has 3 unspecified atom stereocenters. The molecule has 1 aliphatic rings. The lowest BCUT2D eigenvalue weighted by atomic mass is 9.87. The minimum Gasteiger partial charge on any atom is -0.393 e. The summed E-state index contributed by atoms with van der Waals surface area (Å²) in [4.78, 5) is 4.81. The van der Waals surface area contributed by atoms with E-state index < -0.39 is 0 Å².